The highest BCUT2D eigenvalue weighted by Crippen LogP contribution is 2.24. The van der Waals surface area contributed by atoms with Gasteiger partial charge >= 0.3 is 0 Å². The molecule has 5 heteroatoms. The quantitative estimate of drug-likeness (QED) is 0.697. The van der Waals surface area contributed by atoms with Gasteiger partial charge < -0.3 is 15.7 Å². The number of para-hydroxylation sites is 2. The number of nitrogens with one attached hydrogen (secondary N) is 2. The molecular formula is C13H14N4O. The molecule has 18 heavy (non-hydrogen) atoms. The lowest BCUT2D eigenvalue weighted by molar-refractivity contribution is 0.477. The van der Waals surface area contributed by atoms with Crippen LogP contribution in [-0.4, -0.2) is 21.6 Å². The summed E-state index contributed by atoms with van der Waals surface area (Å²) in [4.78, 5) is 8.72. The van der Waals surface area contributed by atoms with Gasteiger partial charge in [0.2, 0.25) is 5.95 Å². The first-order chi connectivity index (χ1) is 8.83. The van der Waals surface area contributed by atoms with Gasteiger partial charge in [-0.2, -0.15) is 0 Å². The van der Waals surface area contributed by atoms with Gasteiger partial charge in [-0.15, -0.1) is 0 Å². The van der Waals surface area contributed by atoms with Crippen molar-refractivity contribution < 1.29 is 5.11 Å². The van der Waals surface area contributed by atoms with Crippen molar-refractivity contribution in [3.8, 4) is 5.75 Å². The van der Waals surface area contributed by atoms with Gasteiger partial charge in [-0.25, -0.2) is 9.97 Å². The molecular weight excluding hydrogens is 228 g/mol. The Labute approximate surface area is 105 Å². The van der Waals surface area contributed by atoms with E-state index in [9.17, 15) is 5.11 Å². The highest BCUT2D eigenvalue weighted by Gasteiger charge is 2.11. The summed E-state index contributed by atoms with van der Waals surface area (Å²) in [6, 6.07) is 7.04. The Morgan fingerprint density at radius 3 is 3.06 bits per heavy atom. The second-order valence-electron chi connectivity index (χ2n) is 4.23. The molecule has 1 aliphatic heterocycles. The number of rotatable bonds is 2. The predicted octanol–water partition coefficient (Wildman–Crippen LogP) is 1.57. The van der Waals surface area contributed by atoms with Crippen LogP contribution in [0.5, 0.6) is 5.75 Å². The molecule has 2 aromatic rings. The zero-order valence-electron chi connectivity index (χ0n) is 9.85. The molecule has 0 bridgehead atoms. The number of hydrogen-bond acceptors (Lipinski definition) is 5. The molecule has 0 saturated heterocycles. The molecule has 0 saturated carbocycles. The van der Waals surface area contributed by atoms with Crippen molar-refractivity contribution in [2.75, 3.05) is 11.9 Å². The van der Waals surface area contributed by atoms with Crippen LogP contribution in [0, 0.1) is 0 Å². The molecule has 0 spiro atoms. The average molecular weight is 242 g/mol. The van der Waals surface area contributed by atoms with E-state index in [1.165, 1.54) is 5.56 Å². The lowest BCUT2D eigenvalue weighted by Gasteiger charge is -2.16. The Bertz CT molecular complexity index is 571. The summed E-state index contributed by atoms with van der Waals surface area (Å²) in [6.07, 6.45) is 2.82. The maximum atomic E-state index is 9.68. The van der Waals surface area contributed by atoms with E-state index >= 15 is 0 Å². The van der Waals surface area contributed by atoms with Gasteiger partial charge in [-0.05, 0) is 30.7 Å². The number of aromatic hydroxyl groups is 1. The molecule has 0 fully saturated rings. The number of anilines is 2. The van der Waals surface area contributed by atoms with Crippen molar-refractivity contribution in [3.05, 3.63) is 41.7 Å². The molecule has 0 unspecified atom stereocenters. The summed E-state index contributed by atoms with van der Waals surface area (Å²) in [7, 11) is 0. The fourth-order valence-corrected chi connectivity index (χ4v) is 1.99. The number of nitrogens with zero attached hydrogens (tertiary/aromatic N) is 2. The minimum atomic E-state index is 0.192. The third-order valence-electron chi connectivity index (χ3n) is 2.97. The van der Waals surface area contributed by atoms with Crippen molar-refractivity contribution in [1.29, 1.82) is 0 Å². The van der Waals surface area contributed by atoms with E-state index in [0.717, 1.165) is 25.2 Å². The average Bonchev–Trinajstić information content (AvgIpc) is 2.41. The SMILES string of the molecule is Oc1ccccc1Nc1ncc2c(n1)CNCC2. The first kappa shape index (κ1) is 11.0. The van der Waals surface area contributed by atoms with Crippen LogP contribution in [0.15, 0.2) is 30.5 Å². The van der Waals surface area contributed by atoms with Gasteiger partial charge in [0, 0.05) is 12.7 Å². The molecule has 92 valence electrons. The maximum absolute atomic E-state index is 9.68. The molecule has 0 aliphatic carbocycles. The largest absolute Gasteiger partial charge is 0.506 e. The fourth-order valence-electron chi connectivity index (χ4n) is 1.99. The van der Waals surface area contributed by atoms with Gasteiger partial charge in [-0.1, -0.05) is 12.1 Å². The number of hydrogen-bond donors (Lipinski definition) is 3. The lowest BCUT2D eigenvalue weighted by atomic mass is 10.1. The summed E-state index contributed by atoms with van der Waals surface area (Å²) >= 11 is 0. The van der Waals surface area contributed by atoms with Crippen LogP contribution in [-0.2, 0) is 13.0 Å². The number of benzene rings is 1. The van der Waals surface area contributed by atoms with Crippen molar-refractivity contribution >= 4 is 11.6 Å². The van der Waals surface area contributed by atoms with Crippen molar-refractivity contribution in [2.45, 2.75) is 13.0 Å². The summed E-state index contributed by atoms with van der Waals surface area (Å²) in [6.45, 7) is 1.75. The predicted molar refractivity (Wildman–Crippen MR) is 68.8 cm³/mol. The minimum absolute atomic E-state index is 0.192. The smallest absolute Gasteiger partial charge is 0.227 e. The van der Waals surface area contributed by atoms with E-state index in [-0.39, 0.29) is 5.75 Å². The third kappa shape index (κ3) is 2.12. The number of phenolic OH excluding ortho intramolecular Hbond substituents is 1. The van der Waals surface area contributed by atoms with E-state index in [1.54, 1.807) is 18.2 Å². The second kappa shape index (κ2) is 4.62. The highest BCUT2D eigenvalue weighted by atomic mass is 16.3. The van der Waals surface area contributed by atoms with Crippen LogP contribution >= 0.6 is 0 Å². The van der Waals surface area contributed by atoms with Crippen LogP contribution in [0.3, 0.4) is 0 Å². The molecule has 1 aromatic heterocycles. The molecule has 0 amide bonds. The Morgan fingerprint density at radius 1 is 1.28 bits per heavy atom. The fraction of sp³-hybridized carbons (Fsp3) is 0.231. The maximum Gasteiger partial charge on any atom is 0.227 e. The molecule has 2 heterocycles. The first-order valence-corrected chi connectivity index (χ1v) is 5.93. The van der Waals surface area contributed by atoms with Crippen molar-refractivity contribution in [3.63, 3.8) is 0 Å². The zero-order valence-corrected chi connectivity index (χ0v) is 9.85. The van der Waals surface area contributed by atoms with Crippen LogP contribution < -0.4 is 10.6 Å². The van der Waals surface area contributed by atoms with E-state index in [4.69, 9.17) is 0 Å². The Morgan fingerprint density at radius 2 is 2.17 bits per heavy atom. The van der Waals surface area contributed by atoms with Crippen LogP contribution in [0.4, 0.5) is 11.6 Å². The molecule has 0 atom stereocenters. The van der Waals surface area contributed by atoms with Gasteiger partial charge in [0.1, 0.15) is 5.75 Å². The van der Waals surface area contributed by atoms with E-state index in [1.807, 2.05) is 12.3 Å². The highest BCUT2D eigenvalue weighted by molar-refractivity contribution is 5.61. The molecule has 3 rings (SSSR count). The minimum Gasteiger partial charge on any atom is -0.506 e. The summed E-state index contributed by atoms with van der Waals surface area (Å²) in [5.74, 6) is 0.705. The Balaban J connectivity index is 1.87. The molecule has 1 aliphatic rings. The summed E-state index contributed by atoms with van der Waals surface area (Å²) in [5, 5.41) is 16.0. The zero-order chi connectivity index (χ0) is 12.4. The Hall–Kier alpha value is -2.14. The molecule has 5 nitrogen and oxygen atoms in total. The van der Waals surface area contributed by atoms with Crippen molar-refractivity contribution in [2.24, 2.45) is 0 Å². The standard InChI is InChI=1S/C13H14N4O/c18-12-4-2-1-3-10(12)16-13-15-7-9-5-6-14-8-11(9)17-13/h1-4,7,14,18H,5-6,8H2,(H,15,16,17). The van der Waals surface area contributed by atoms with Crippen molar-refractivity contribution in [1.82, 2.24) is 15.3 Å². The molecule has 3 N–H and O–H groups in total. The summed E-state index contributed by atoms with van der Waals surface area (Å²) in [5.41, 5.74) is 2.83. The second-order valence-corrected chi connectivity index (χ2v) is 4.23. The van der Waals surface area contributed by atoms with Gasteiger partial charge in [0.25, 0.3) is 0 Å². The number of fused-ring (bicyclic) bond motifs is 1. The first-order valence-electron chi connectivity index (χ1n) is 5.93. The van der Waals surface area contributed by atoms with Crippen LogP contribution in [0.25, 0.3) is 0 Å². The lowest BCUT2D eigenvalue weighted by Crippen LogP contribution is -2.25. The molecule has 1 aromatic carbocycles. The van der Waals surface area contributed by atoms with E-state index in [2.05, 4.69) is 20.6 Å². The van der Waals surface area contributed by atoms with Crippen LogP contribution in [0.1, 0.15) is 11.3 Å². The van der Waals surface area contributed by atoms with E-state index < -0.39 is 0 Å². The monoisotopic (exact) mass is 242 g/mol. The van der Waals surface area contributed by atoms with Gasteiger partial charge in [0.05, 0.1) is 11.4 Å². The van der Waals surface area contributed by atoms with Gasteiger partial charge in [0.15, 0.2) is 0 Å². The van der Waals surface area contributed by atoms with Gasteiger partial charge in [-0.3, -0.25) is 0 Å². The Kier molecular flexibility index (Phi) is 2.82. The topological polar surface area (TPSA) is 70.1 Å². The van der Waals surface area contributed by atoms with Crippen LogP contribution in [0.2, 0.25) is 0 Å². The normalized spacial score (nSPS) is 14.0. The van der Waals surface area contributed by atoms with E-state index in [0.29, 0.717) is 11.6 Å². The summed E-state index contributed by atoms with van der Waals surface area (Å²) < 4.78 is 0. The number of phenols is 1. The third-order valence-corrected chi connectivity index (χ3v) is 2.97. The number of aromatic nitrogens is 2. The molecule has 0 radical (unpaired) electrons.